The maximum Gasteiger partial charge on any atom is 0.471 e. The number of likely N-dealkylation sites (tertiary alicyclic amines) is 1. The Bertz CT molecular complexity index is 345. The predicted molar refractivity (Wildman–Crippen MR) is 59.5 cm³/mol. The maximum atomic E-state index is 12.3. The zero-order chi connectivity index (χ0) is 13.4. The molecule has 0 aromatic rings. The van der Waals surface area contributed by atoms with Crippen molar-refractivity contribution in [2.75, 3.05) is 6.54 Å². The summed E-state index contributed by atoms with van der Waals surface area (Å²) in [5.74, 6) is -1.86. The smallest absolute Gasteiger partial charge is 0.385 e. The SMILES string of the molecule is C=C(S)[C@@]1(O)CCN(C(=O)C(F)(F)F)[C@@H](C)C1. The summed E-state index contributed by atoms with van der Waals surface area (Å²) in [4.78, 5) is 12.0. The lowest BCUT2D eigenvalue weighted by atomic mass is 9.86. The van der Waals surface area contributed by atoms with Gasteiger partial charge in [-0.25, -0.2) is 0 Å². The number of thiol groups is 1. The molecule has 0 aliphatic carbocycles. The van der Waals surface area contributed by atoms with Gasteiger partial charge in [0.15, 0.2) is 0 Å². The maximum absolute atomic E-state index is 12.3. The number of amides is 1. The summed E-state index contributed by atoms with van der Waals surface area (Å²) >= 11 is 3.94. The van der Waals surface area contributed by atoms with Crippen molar-refractivity contribution in [1.29, 1.82) is 0 Å². The van der Waals surface area contributed by atoms with Gasteiger partial charge in [0.25, 0.3) is 0 Å². The number of rotatable bonds is 1. The monoisotopic (exact) mass is 269 g/mol. The van der Waals surface area contributed by atoms with Gasteiger partial charge in [0.2, 0.25) is 0 Å². The van der Waals surface area contributed by atoms with Crippen LogP contribution in [0.3, 0.4) is 0 Å². The molecule has 0 aromatic carbocycles. The van der Waals surface area contributed by atoms with Crippen LogP contribution in [0.1, 0.15) is 19.8 Å². The third-order valence-corrected chi connectivity index (χ3v) is 3.39. The molecule has 2 atom stereocenters. The highest BCUT2D eigenvalue weighted by molar-refractivity contribution is 7.84. The minimum Gasteiger partial charge on any atom is -0.385 e. The van der Waals surface area contributed by atoms with Gasteiger partial charge in [-0.05, 0) is 13.3 Å². The lowest BCUT2D eigenvalue weighted by molar-refractivity contribution is -0.191. The molecule has 1 saturated heterocycles. The molecule has 0 unspecified atom stereocenters. The molecule has 7 heteroatoms. The molecule has 17 heavy (non-hydrogen) atoms. The number of alkyl halides is 3. The van der Waals surface area contributed by atoms with Gasteiger partial charge in [-0.1, -0.05) is 6.58 Å². The second-order valence-corrected chi connectivity index (χ2v) is 4.82. The summed E-state index contributed by atoms with van der Waals surface area (Å²) in [7, 11) is 0. The van der Waals surface area contributed by atoms with Gasteiger partial charge in [-0.2, -0.15) is 13.2 Å². The highest BCUT2D eigenvalue weighted by Gasteiger charge is 2.47. The normalized spacial score (nSPS) is 30.2. The van der Waals surface area contributed by atoms with Gasteiger partial charge in [-0.3, -0.25) is 4.79 Å². The third-order valence-electron chi connectivity index (χ3n) is 2.97. The second kappa shape index (κ2) is 4.53. The molecule has 0 radical (unpaired) electrons. The first kappa shape index (κ1) is 14.4. The second-order valence-electron chi connectivity index (χ2n) is 4.28. The van der Waals surface area contributed by atoms with Gasteiger partial charge in [-0.15, -0.1) is 12.6 Å². The summed E-state index contributed by atoms with van der Waals surface area (Å²) < 4.78 is 36.8. The van der Waals surface area contributed by atoms with Gasteiger partial charge in [0.1, 0.15) is 0 Å². The van der Waals surface area contributed by atoms with Crippen molar-refractivity contribution in [3.8, 4) is 0 Å². The molecule has 3 nitrogen and oxygen atoms in total. The molecule has 1 fully saturated rings. The van der Waals surface area contributed by atoms with Crippen LogP contribution in [-0.4, -0.2) is 40.3 Å². The van der Waals surface area contributed by atoms with E-state index in [9.17, 15) is 23.1 Å². The average molecular weight is 269 g/mol. The van der Waals surface area contributed by atoms with E-state index in [-0.39, 0.29) is 24.3 Å². The number of piperidine rings is 1. The number of nitrogens with zero attached hydrogens (tertiary/aromatic N) is 1. The lowest BCUT2D eigenvalue weighted by Crippen LogP contribution is -2.54. The number of carbonyl (C=O) groups is 1. The summed E-state index contributed by atoms with van der Waals surface area (Å²) in [6.07, 6.45) is -4.85. The van der Waals surface area contributed by atoms with Gasteiger partial charge in [0.05, 0.1) is 5.60 Å². The molecule has 0 aromatic heterocycles. The molecule has 98 valence electrons. The van der Waals surface area contributed by atoms with Crippen molar-refractivity contribution in [2.24, 2.45) is 0 Å². The number of carbonyl (C=O) groups excluding carboxylic acids is 1. The Morgan fingerprint density at radius 1 is 1.59 bits per heavy atom. The van der Waals surface area contributed by atoms with E-state index < -0.39 is 23.7 Å². The minimum absolute atomic E-state index is 0.0111. The molecular weight excluding hydrogens is 255 g/mol. The van der Waals surface area contributed by atoms with Crippen molar-refractivity contribution >= 4 is 18.5 Å². The highest BCUT2D eigenvalue weighted by atomic mass is 32.1. The average Bonchev–Trinajstić information content (AvgIpc) is 2.15. The van der Waals surface area contributed by atoms with Crippen LogP contribution in [0.4, 0.5) is 13.2 Å². The summed E-state index contributed by atoms with van der Waals surface area (Å²) in [5.41, 5.74) is -1.30. The number of halogens is 3. The van der Waals surface area contributed by atoms with Gasteiger partial charge >= 0.3 is 12.1 Å². The van der Waals surface area contributed by atoms with E-state index in [0.29, 0.717) is 0 Å². The zero-order valence-electron chi connectivity index (χ0n) is 9.29. The van der Waals surface area contributed by atoms with Crippen molar-refractivity contribution in [3.05, 3.63) is 11.5 Å². The number of hydrogen-bond donors (Lipinski definition) is 2. The van der Waals surface area contributed by atoms with E-state index >= 15 is 0 Å². The number of hydrogen-bond acceptors (Lipinski definition) is 3. The fourth-order valence-electron chi connectivity index (χ4n) is 1.95. The molecule has 1 amide bonds. The van der Waals surface area contributed by atoms with Crippen LogP contribution in [0.25, 0.3) is 0 Å². The Hall–Kier alpha value is -0.690. The van der Waals surface area contributed by atoms with Crippen LogP contribution in [-0.2, 0) is 4.79 Å². The van der Waals surface area contributed by atoms with Crippen molar-refractivity contribution < 1.29 is 23.1 Å². The molecule has 1 aliphatic rings. The fraction of sp³-hybridized carbons (Fsp3) is 0.700. The standard InChI is InChI=1S/C10H14F3NO2S/c1-6-5-9(16,7(2)17)3-4-14(6)8(15)10(11,12)13/h6,16-17H,2-5H2,1H3/t6-,9+/m0/s1. The zero-order valence-corrected chi connectivity index (χ0v) is 10.2. The van der Waals surface area contributed by atoms with Crippen LogP contribution in [0.5, 0.6) is 0 Å². The molecule has 0 spiro atoms. The van der Waals surface area contributed by atoms with E-state index in [0.717, 1.165) is 4.90 Å². The van der Waals surface area contributed by atoms with E-state index in [4.69, 9.17) is 0 Å². The Labute approximate surface area is 103 Å². The highest BCUT2D eigenvalue weighted by Crippen LogP contribution is 2.35. The fourth-order valence-corrected chi connectivity index (χ4v) is 2.16. The topological polar surface area (TPSA) is 40.5 Å². The van der Waals surface area contributed by atoms with Crippen LogP contribution in [0, 0.1) is 0 Å². The van der Waals surface area contributed by atoms with E-state index in [1.54, 1.807) is 0 Å². The Kier molecular flexibility index (Phi) is 3.83. The van der Waals surface area contributed by atoms with Crippen molar-refractivity contribution in [2.45, 2.75) is 37.6 Å². The molecular formula is C10H14F3NO2S. The van der Waals surface area contributed by atoms with E-state index in [1.165, 1.54) is 6.92 Å². The molecule has 0 bridgehead atoms. The van der Waals surface area contributed by atoms with Crippen molar-refractivity contribution in [1.82, 2.24) is 4.90 Å². The molecule has 1 rings (SSSR count). The summed E-state index contributed by atoms with van der Waals surface area (Å²) in [6, 6.07) is -0.702. The van der Waals surface area contributed by atoms with Gasteiger partial charge in [0, 0.05) is 23.9 Å². The van der Waals surface area contributed by atoms with Crippen LogP contribution < -0.4 is 0 Å². The first-order valence-electron chi connectivity index (χ1n) is 5.06. The molecule has 1 aliphatic heterocycles. The molecule has 0 saturated carbocycles. The van der Waals surface area contributed by atoms with E-state index in [2.05, 4.69) is 19.2 Å². The first-order chi connectivity index (χ1) is 7.58. The van der Waals surface area contributed by atoms with Crippen molar-refractivity contribution in [3.63, 3.8) is 0 Å². The predicted octanol–water partition coefficient (Wildman–Crippen LogP) is 1.73. The Morgan fingerprint density at radius 3 is 2.47 bits per heavy atom. The quantitative estimate of drug-likeness (QED) is 0.712. The van der Waals surface area contributed by atoms with E-state index in [1.807, 2.05) is 0 Å². The van der Waals surface area contributed by atoms with Gasteiger partial charge < -0.3 is 10.0 Å². The molecule has 1 heterocycles. The van der Waals surface area contributed by atoms with Crippen LogP contribution in [0.2, 0.25) is 0 Å². The molecule has 1 N–H and O–H groups in total. The lowest BCUT2D eigenvalue weighted by Gasteiger charge is -2.42. The minimum atomic E-state index is -4.87. The Balaban J connectivity index is 2.79. The first-order valence-corrected chi connectivity index (χ1v) is 5.51. The third kappa shape index (κ3) is 2.95. The van der Waals surface area contributed by atoms with Crippen LogP contribution in [0.15, 0.2) is 11.5 Å². The number of aliphatic hydroxyl groups is 1. The summed E-state index contributed by atoms with van der Waals surface area (Å²) in [5, 5.41) is 10.0. The Morgan fingerprint density at radius 2 is 2.12 bits per heavy atom. The largest absolute Gasteiger partial charge is 0.471 e. The van der Waals surface area contributed by atoms with Crippen LogP contribution >= 0.6 is 12.6 Å². The summed E-state index contributed by atoms with van der Waals surface area (Å²) in [6.45, 7) is 4.80.